The summed E-state index contributed by atoms with van der Waals surface area (Å²) < 4.78 is 31.8. The summed E-state index contributed by atoms with van der Waals surface area (Å²) in [4.78, 5) is 11.4. The molecule has 2 aliphatic rings. The number of amides is 1. The lowest BCUT2D eigenvalue weighted by Gasteiger charge is -2.30. The molecule has 1 aromatic carbocycles. The maximum absolute atomic E-state index is 12.8. The number of sulfonamides is 1. The van der Waals surface area contributed by atoms with Crippen LogP contribution in [0.15, 0.2) is 41.3 Å². The van der Waals surface area contributed by atoms with Crippen LogP contribution in [0.5, 0.6) is 0 Å². The van der Waals surface area contributed by atoms with E-state index in [1.54, 1.807) is 16.4 Å². The quantitative estimate of drug-likeness (QED) is 0.867. The van der Waals surface area contributed by atoms with Crippen molar-refractivity contribution in [2.45, 2.75) is 36.2 Å². The Labute approximate surface area is 129 Å². The third-order valence-electron chi connectivity index (χ3n) is 4.11. The molecule has 6 nitrogen and oxygen atoms in total. The van der Waals surface area contributed by atoms with Crippen molar-refractivity contribution in [3.8, 4) is 0 Å². The number of ether oxygens (including phenoxy) is 1. The first-order valence-electron chi connectivity index (χ1n) is 7.17. The van der Waals surface area contributed by atoms with Crippen molar-refractivity contribution in [3.05, 3.63) is 36.4 Å². The predicted octanol–water partition coefficient (Wildman–Crippen LogP) is 2.35. The van der Waals surface area contributed by atoms with Crippen LogP contribution in [0.3, 0.4) is 0 Å². The maximum Gasteiger partial charge on any atom is 0.411 e. The summed E-state index contributed by atoms with van der Waals surface area (Å²) in [5, 5.41) is 2.50. The van der Waals surface area contributed by atoms with Crippen LogP contribution in [0.2, 0.25) is 0 Å². The molecule has 2 bridgehead atoms. The largest absolute Gasteiger partial charge is 0.453 e. The van der Waals surface area contributed by atoms with Crippen molar-refractivity contribution in [2.75, 3.05) is 12.4 Å². The van der Waals surface area contributed by atoms with Gasteiger partial charge in [-0.25, -0.2) is 13.2 Å². The van der Waals surface area contributed by atoms with Crippen LogP contribution < -0.4 is 5.32 Å². The van der Waals surface area contributed by atoms with Crippen LogP contribution in [0.1, 0.15) is 19.3 Å². The Kier molecular flexibility index (Phi) is 3.92. The summed E-state index contributed by atoms with van der Waals surface area (Å²) in [6, 6.07) is 6.18. The number of fused-ring (bicyclic) bond motifs is 2. The summed E-state index contributed by atoms with van der Waals surface area (Å²) in [6.45, 7) is 0. The second-order valence-electron chi connectivity index (χ2n) is 5.44. The van der Waals surface area contributed by atoms with Crippen LogP contribution in [0.4, 0.5) is 10.5 Å². The molecule has 1 saturated heterocycles. The van der Waals surface area contributed by atoms with Gasteiger partial charge in [-0.3, -0.25) is 5.32 Å². The second-order valence-corrected chi connectivity index (χ2v) is 7.28. The van der Waals surface area contributed by atoms with Gasteiger partial charge in [-0.2, -0.15) is 4.31 Å². The van der Waals surface area contributed by atoms with Crippen LogP contribution in [-0.2, 0) is 14.8 Å². The van der Waals surface area contributed by atoms with E-state index >= 15 is 0 Å². The lowest BCUT2D eigenvalue weighted by molar-refractivity contribution is 0.187. The maximum atomic E-state index is 12.8. The lowest BCUT2D eigenvalue weighted by Crippen LogP contribution is -2.41. The fraction of sp³-hybridized carbons (Fsp3) is 0.400. The molecule has 1 fully saturated rings. The second kappa shape index (κ2) is 5.73. The zero-order valence-electron chi connectivity index (χ0n) is 12.2. The smallest absolute Gasteiger partial charge is 0.411 e. The van der Waals surface area contributed by atoms with Crippen LogP contribution in [-0.4, -0.2) is 38.0 Å². The van der Waals surface area contributed by atoms with E-state index < -0.39 is 16.1 Å². The van der Waals surface area contributed by atoms with Gasteiger partial charge in [0.25, 0.3) is 0 Å². The molecule has 2 aliphatic heterocycles. The molecule has 2 heterocycles. The summed E-state index contributed by atoms with van der Waals surface area (Å²) in [6.07, 6.45) is 6.01. The van der Waals surface area contributed by atoms with E-state index in [1.165, 1.54) is 19.2 Å². The summed E-state index contributed by atoms with van der Waals surface area (Å²) in [5.41, 5.74) is 0.493. The fourth-order valence-corrected chi connectivity index (χ4v) is 4.90. The molecule has 7 heteroatoms. The van der Waals surface area contributed by atoms with Crippen molar-refractivity contribution in [2.24, 2.45) is 0 Å². The molecule has 2 unspecified atom stereocenters. The number of carbonyl (C=O) groups is 1. The van der Waals surface area contributed by atoms with E-state index in [-0.39, 0.29) is 17.0 Å². The third kappa shape index (κ3) is 2.62. The lowest BCUT2D eigenvalue weighted by atomic mass is 10.2. The highest BCUT2D eigenvalue weighted by atomic mass is 32.2. The third-order valence-corrected chi connectivity index (χ3v) is 6.10. The Morgan fingerprint density at radius 1 is 1.27 bits per heavy atom. The Bertz CT molecular complexity index is 697. The zero-order valence-corrected chi connectivity index (χ0v) is 13.0. The van der Waals surface area contributed by atoms with E-state index in [9.17, 15) is 13.2 Å². The minimum atomic E-state index is -3.51. The molecule has 1 amide bonds. The minimum Gasteiger partial charge on any atom is -0.453 e. The average molecular weight is 322 g/mol. The van der Waals surface area contributed by atoms with Gasteiger partial charge in [-0.15, -0.1) is 0 Å². The highest BCUT2D eigenvalue weighted by Crippen LogP contribution is 2.36. The molecule has 0 saturated carbocycles. The normalized spacial score (nSPS) is 24.2. The summed E-state index contributed by atoms with van der Waals surface area (Å²) in [7, 11) is -2.24. The number of nitrogens with zero attached hydrogens (tertiary/aromatic N) is 1. The van der Waals surface area contributed by atoms with Gasteiger partial charge in [-0.05, 0) is 43.5 Å². The molecule has 0 spiro atoms. The van der Waals surface area contributed by atoms with Crippen molar-refractivity contribution in [1.29, 1.82) is 0 Å². The van der Waals surface area contributed by atoms with Gasteiger partial charge in [0.05, 0.1) is 12.0 Å². The van der Waals surface area contributed by atoms with Crippen molar-refractivity contribution < 1.29 is 17.9 Å². The molecule has 118 valence electrons. The highest BCUT2D eigenvalue weighted by molar-refractivity contribution is 7.89. The Morgan fingerprint density at radius 2 is 2.00 bits per heavy atom. The first-order chi connectivity index (χ1) is 10.5. The van der Waals surface area contributed by atoms with Gasteiger partial charge in [0.15, 0.2) is 0 Å². The Morgan fingerprint density at radius 3 is 2.64 bits per heavy atom. The molecule has 1 N–H and O–H groups in total. The first kappa shape index (κ1) is 15.1. The van der Waals surface area contributed by atoms with Gasteiger partial charge >= 0.3 is 6.09 Å². The number of carbonyl (C=O) groups excluding carboxylic acids is 1. The number of methoxy groups -OCH3 is 1. The zero-order chi connectivity index (χ0) is 15.7. The van der Waals surface area contributed by atoms with E-state index in [1.807, 2.05) is 6.08 Å². The predicted molar refractivity (Wildman–Crippen MR) is 82.1 cm³/mol. The topological polar surface area (TPSA) is 75.7 Å². The van der Waals surface area contributed by atoms with Gasteiger partial charge in [-0.1, -0.05) is 12.2 Å². The van der Waals surface area contributed by atoms with Gasteiger partial charge in [0, 0.05) is 17.8 Å². The Balaban J connectivity index is 1.84. The number of hydrogen-bond acceptors (Lipinski definition) is 4. The molecule has 1 aromatic rings. The van der Waals surface area contributed by atoms with Gasteiger partial charge < -0.3 is 4.74 Å². The van der Waals surface area contributed by atoms with Crippen molar-refractivity contribution in [3.63, 3.8) is 0 Å². The van der Waals surface area contributed by atoms with Crippen molar-refractivity contribution in [1.82, 2.24) is 4.31 Å². The first-order valence-corrected chi connectivity index (χ1v) is 8.61. The van der Waals surface area contributed by atoms with Crippen LogP contribution >= 0.6 is 0 Å². The monoisotopic (exact) mass is 322 g/mol. The highest BCUT2D eigenvalue weighted by Gasteiger charge is 2.42. The van der Waals surface area contributed by atoms with E-state index in [0.29, 0.717) is 5.69 Å². The molecule has 3 rings (SSSR count). The summed E-state index contributed by atoms with van der Waals surface area (Å²) >= 11 is 0. The molecule has 0 aromatic heterocycles. The van der Waals surface area contributed by atoms with E-state index in [4.69, 9.17) is 0 Å². The average Bonchev–Trinajstić information content (AvgIpc) is 2.79. The van der Waals surface area contributed by atoms with Crippen LogP contribution in [0, 0.1) is 0 Å². The molecule has 0 radical (unpaired) electrons. The number of benzene rings is 1. The van der Waals surface area contributed by atoms with Crippen LogP contribution in [0.25, 0.3) is 0 Å². The molecular formula is C15H18N2O4S. The standard InChI is InChI=1S/C15H18N2O4S/c1-21-15(18)16-11-5-9-14(10-6-11)22(19,20)17-12-3-2-4-13(17)8-7-12/h2-3,5-6,9-10,12-13H,4,7-8H2,1H3,(H,16,18). The summed E-state index contributed by atoms with van der Waals surface area (Å²) in [5.74, 6) is 0. The molecule has 2 atom stereocenters. The SMILES string of the molecule is COC(=O)Nc1ccc(S(=O)(=O)N2C3C=CCC2CC3)cc1. The number of rotatable bonds is 3. The number of hydrogen-bond donors (Lipinski definition) is 1. The number of anilines is 1. The molecular weight excluding hydrogens is 304 g/mol. The number of nitrogens with one attached hydrogen (secondary N) is 1. The van der Waals surface area contributed by atoms with Gasteiger partial charge in [0.1, 0.15) is 0 Å². The molecule has 0 aliphatic carbocycles. The van der Waals surface area contributed by atoms with E-state index in [2.05, 4.69) is 16.1 Å². The van der Waals surface area contributed by atoms with E-state index in [0.717, 1.165) is 19.3 Å². The molecule has 22 heavy (non-hydrogen) atoms. The van der Waals surface area contributed by atoms with Crippen molar-refractivity contribution >= 4 is 21.8 Å². The Hall–Kier alpha value is -1.86. The van der Waals surface area contributed by atoms with Gasteiger partial charge in [0.2, 0.25) is 10.0 Å². The minimum absolute atomic E-state index is 0.0309. The fourth-order valence-electron chi connectivity index (χ4n) is 3.06.